The Morgan fingerprint density at radius 1 is 1.69 bits per heavy atom. The lowest BCUT2D eigenvalue weighted by Gasteiger charge is -2.14. The van der Waals surface area contributed by atoms with Crippen molar-refractivity contribution in [3.05, 3.63) is 11.9 Å². The van der Waals surface area contributed by atoms with Gasteiger partial charge in [-0.2, -0.15) is 5.10 Å². The number of hydrogen-bond acceptors (Lipinski definition) is 4. The second-order valence-electron chi connectivity index (χ2n) is 3.53. The molecule has 1 rings (SSSR count). The Labute approximate surface area is 94.4 Å². The van der Waals surface area contributed by atoms with E-state index in [4.69, 9.17) is 10.8 Å². The highest BCUT2D eigenvalue weighted by atomic mass is 16.3. The van der Waals surface area contributed by atoms with Crippen molar-refractivity contribution in [3.8, 4) is 0 Å². The lowest BCUT2D eigenvalue weighted by Crippen LogP contribution is -2.38. The van der Waals surface area contributed by atoms with Gasteiger partial charge in [0.05, 0.1) is 24.5 Å². The highest BCUT2D eigenvalue weighted by Gasteiger charge is 2.18. The summed E-state index contributed by atoms with van der Waals surface area (Å²) in [6.07, 6.45) is 2.13. The zero-order valence-corrected chi connectivity index (χ0v) is 9.60. The molecule has 0 aromatic carbocycles. The maximum absolute atomic E-state index is 11.9. The van der Waals surface area contributed by atoms with Gasteiger partial charge < -0.3 is 16.2 Å². The van der Waals surface area contributed by atoms with Crippen molar-refractivity contribution < 1.29 is 9.90 Å². The number of carbonyl (C=O) groups excluding carboxylic acids is 1. The summed E-state index contributed by atoms with van der Waals surface area (Å²) in [6, 6.07) is -0.243. The molecule has 0 saturated carbocycles. The first-order chi connectivity index (χ1) is 7.63. The minimum absolute atomic E-state index is 0.0809. The molecule has 0 saturated heterocycles. The molecule has 0 radical (unpaired) electrons. The molecule has 1 unspecified atom stereocenters. The van der Waals surface area contributed by atoms with E-state index in [0.29, 0.717) is 24.3 Å². The molecule has 16 heavy (non-hydrogen) atoms. The van der Waals surface area contributed by atoms with Crippen LogP contribution in [0.1, 0.15) is 30.8 Å². The van der Waals surface area contributed by atoms with Crippen LogP contribution in [0.25, 0.3) is 0 Å². The topological polar surface area (TPSA) is 93.2 Å². The van der Waals surface area contributed by atoms with Crippen molar-refractivity contribution in [2.75, 3.05) is 12.3 Å². The van der Waals surface area contributed by atoms with E-state index in [1.54, 1.807) is 0 Å². The van der Waals surface area contributed by atoms with Crippen LogP contribution in [0.15, 0.2) is 6.20 Å². The van der Waals surface area contributed by atoms with Crippen LogP contribution in [-0.2, 0) is 6.54 Å². The van der Waals surface area contributed by atoms with Gasteiger partial charge in [0.1, 0.15) is 5.69 Å². The number of aromatic nitrogens is 2. The zero-order valence-electron chi connectivity index (χ0n) is 9.60. The molecule has 1 aromatic heterocycles. The van der Waals surface area contributed by atoms with E-state index in [-0.39, 0.29) is 18.6 Å². The van der Waals surface area contributed by atoms with E-state index < -0.39 is 0 Å². The maximum Gasteiger partial charge on any atom is 0.271 e. The number of nitrogen functional groups attached to an aromatic ring is 1. The van der Waals surface area contributed by atoms with Crippen LogP contribution < -0.4 is 11.1 Å². The number of nitrogens with zero attached hydrogens (tertiary/aromatic N) is 2. The van der Waals surface area contributed by atoms with Gasteiger partial charge in [0.2, 0.25) is 0 Å². The second-order valence-corrected chi connectivity index (χ2v) is 3.53. The molecular weight excluding hydrogens is 208 g/mol. The largest absolute Gasteiger partial charge is 0.396 e. The highest BCUT2D eigenvalue weighted by molar-refractivity contribution is 5.97. The summed E-state index contributed by atoms with van der Waals surface area (Å²) in [5.74, 6) is -0.294. The summed E-state index contributed by atoms with van der Waals surface area (Å²) in [6.45, 7) is 4.27. The predicted octanol–water partition coefficient (Wildman–Crippen LogP) is -0.0141. The van der Waals surface area contributed by atoms with Gasteiger partial charge in [0.25, 0.3) is 5.91 Å². The van der Waals surface area contributed by atoms with Crippen molar-refractivity contribution in [1.82, 2.24) is 15.1 Å². The third kappa shape index (κ3) is 2.52. The molecule has 0 bridgehead atoms. The summed E-state index contributed by atoms with van der Waals surface area (Å²) in [4.78, 5) is 11.9. The molecular formula is C10H18N4O2. The number of nitrogens with one attached hydrogen (secondary N) is 1. The second kappa shape index (κ2) is 5.50. The Kier molecular flexibility index (Phi) is 4.30. The lowest BCUT2D eigenvalue weighted by atomic mass is 10.2. The van der Waals surface area contributed by atoms with Crippen molar-refractivity contribution in [3.63, 3.8) is 0 Å². The fraction of sp³-hybridized carbons (Fsp3) is 0.600. The zero-order chi connectivity index (χ0) is 12.1. The Balaban J connectivity index is 2.83. The molecule has 0 aliphatic heterocycles. The van der Waals surface area contributed by atoms with Gasteiger partial charge >= 0.3 is 0 Å². The van der Waals surface area contributed by atoms with Crippen molar-refractivity contribution in [2.45, 2.75) is 32.9 Å². The van der Waals surface area contributed by atoms with Gasteiger partial charge in [0, 0.05) is 6.54 Å². The number of carbonyl (C=O) groups is 1. The van der Waals surface area contributed by atoms with Crippen molar-refractivity contribution in [2.24, 2.45) is 0 Å². The van der Waals surface area contributed by atoms with Crippen LogP contribution in [0.4, 0.5) is 5.69 Å². The third-order valence-corrected chi connectivity index (χ3v) is 2.43. The first kappa shape index (κ1) is 12.5. The number of hydrogen-bond donors (Lipinski definition) is 3. The first-order valence-electron chi connectivity index (χ1n) is 5.37. The number of aryl methyl sites for hydroxylation is 1. The Morgan fingerprint density at radius 2 is 2.38 bits per heavy atom. The van der Waals surface area contributed by atoms with E-state index in [1.807, 2.05) is 13.8 Å². The molecule has 90 valence electrons. The van der Waals surface area contributed by atoms with Gasteiger partial charge in [-0.15, -0.1) is 0 Å². The van der Waals surface area contributed by atoms with Crippen molar-refractivity contribution in [1.29, 1.82) is 0 Å². The lowest BCUT2D eigenvalue weighted by molar-refractivity contribution is 0.0905. The molecule has 1 atom stereocenters. The van der Waals surface area contributed by atoms with Gasteiger partial charge in [-0.05, 0) is 13.3 Å². The number of nitrogens with two attached hydrogens (primary N) is 1. The minimum atomic E-state index is -0.294. The van der Waals surface area contributed by atoms with Gasteiger partial charge in [-0.25, -0.2) is 0 Å². The molecule has 0 fully saturated rings. The van der Waals surface area contributed by atoms with Crippen LogP contribution >= 0.6 is 0 Å². The van der Waals surface area contributed by atoms with E-state index in [0.717, 1.165) is 0 Å². The molecule has 6 heteroatoms. The number of rotatable bonds is 5. The Morgan fingerprint density at radius 3 is 2.88 bits per heavy atom. The maximum atomic E-state index is 11.9. The fourth-order valence-corrected chi connectivity index (χ4v) is 1.42. The van der Waals surface area contributed by atoms with Crippen LogP contribution in [-0.4, -0.2) is 33.4 Å². The fourth-order valence-electron chi connectivity index (χ4n) is 1.42. The summed E-state index contributed by atoms with van der Waals surface area (Å²) in [7, 11) is 0. The highest BCUT2D eigenvalue weighted by Crippen LogP contribution is 2.10. The molecule has 6 nitrogen and oxygen atoms in total. The van der Waals surface area contributed by atoms with Crippen LogP contribution in [0.5, 0.6) is 0 Å². The Hall–Kier alpha value is -1.56. The van der Waals surface area contributed by atoms with Crippen LogP contribution in [0.3, 0.4) is 0 Å². The molecule has 0 aliphatic rings. The number of aliphatic hydroxyl groups is 1. The number of aliphatic hydroxyl groups excluding tert-OH is 1. The average Bonchev–Trinajstić information content (AvgIpc) is 2.67. The minimum Gasteiger partial charge on any atom is -0.396 e. The molecule has 1 aromatic rings. The van der Waals surface area contributed by atoms with Crippen molar-refractivity contribution >= 4 is 11.6 Å². The molecule has 0 spiro atoms. The number of amides is 1. The van der Waals surface area contributed by atoms with E-state index >= 15 is 0 Å². The van der Waals surface area contributed by atoms with E-state index in [9.17, 15) is 4.79 Å². The van der Waals surface area contributed by atoms with E-state index in [2.05, 4.69) is 10.4 Å². The summed E-state index contributed by atoms with van der Waals surface area (Å²) < 4.78 is 1.54. The summed E-state index contributed by atoms with van der Waals surface area (Å²) in [5, 5.41) is 15.7. The molecule has 1 amide bonds. The molecule has 4 N–H and O–H groups in total. The number of anilines is 1. The average molecular weight is 226 g/mol. The first-order valence-corrected chi connectivity index (χ1v) is 5.37. The Bertz CT molecular complexity index is 358. The van der Waals surface area contributed by atoms with Gasteiger partial charge in [-0.3, -0.25) is 9.48 Å². The van der Waals surface area contributed by atoms with Gasteiger partial charge in [0.15, 0.2) is 0 Å². The molecule has 0 aliphatic carbocycles. The van der Waals surface area contributed by atoms with Gasteiger partial charge in [-0.1, -0.05) is 6.92 Å². The quantitative estimate of drug-likeness (QED) is 0.658. The summed E-state index contributed by atoms with van der Waals surface area (Å²) >= 11 is 0. The van der Waals surface area contributed by atoms with Crippen LogP contribution in [0, 0.1) is 0 Å². The standard InChI is InChI=1S/C10H18N4O2/c1-3-7(6-15)13-10(16)9-8(11)5-12-14(9)4-2/h5,7,15H,3-4,6,11H2,1-2H3,(H,13,16). The van der Waals surface area contributed by atoms with Crippen LogP contribution in [0.2, 0.25) is 0 Å². The summed E-state index contributed by atoms with van der Waals surface area (Å²) in [5.41, 5.74) is 6.38. The molecule has 1 heterocycles. The third-order valence-electron chi connectivity index (χ3n) is 2.43. The monoisotopic (exact) mass is 226 g/mol. The predicted molar refractivity (Wildman–Crippen MR) is 60.9 cm³/mol. The van der Waals surface area contributed by atoms with E-state index in [1.165, 1.54) is 10.9 Å². The smallest absolute Gasteiger partial charge is 0.271 e. The SMILES string of the molecule is CCC(CO)NC(=O)c1c(N)cnn1CC. The normalized spacial score (nSPS) is 12.4.